The second kappa shape index (κ2) is 6.19. The number of amides is 1. The maximum Gasteiger partial charge on any atom is 0.253 e. The smallest absolute Gasteiger partial charge is 0.253 e. The lowest BCUT2D eigenvalue weighted by molar-refractivity contribution is 0.0951. The Morgan fingerprint density at radius 3 is 2.75 bits per heavy atom. The van der Waals surface area contributed by atoms with Gasteiger partial charge in [0.15, 0.2) is 0 Å². The van der Waals surface area contributed by atoms with Gasteiger partial charge in [-0.05, 0) is 43.2 Å². The van der Waals surface area contributed by atoms with Gasteiger partial charge in [-0.3, -0.25) is 9.78 Å². The van der Waals surface area contributed by atoms with Crippen LogP contribution < -0.4 is 10.6 Å². The molecule has 4 nitrogen and oxygen atoms in total. The van der Waals surface area contributed by atoms with Gasteiger partial charge in [-0.1, -0.05) is 11.6 Å². The van der Waals surface area contributed by atoms with Crippen LogP contribution in [0.4, 0.5) is 5.69 Å². The van der Waals surface area contributed by atoms with Crippen LogP contribution in [0.25, 0.3) is 0 Å². The first-order valence-corrected chi connectivity index (χ1v) is 6.58. The third-order valence-corrected chi connectivity index (χ3v) is 3.26. The molecule has 1 heterocycles. The zero-order valence-corrected chi connectivity index (χ0v) is 12.0. The van der Waals surface area contributed by atoms with E-state index in [0.29, 0.717) is 12.1 Å². The SMILES string of the molecule is CNc1ccc(C)cc1C(=O)NCc1ccncc1C. The summed E-state index contributed by atoms with van der Waals surface area (Å²) in [7, 11) is 1.81. The zero-order valence-electron chi connectivity index (χ0n) is 12.0. The Balaban J connectivity index is 2.13. The fourth-order valence-corrected chi connectivity index (χ4v) is 2.04. The van der Waals surface area contributed by atoms with Crippen LogP contribution in [0.5, 0.6) is 0 Å². The predicted octanol–water partition coefficient (Wildman–Crippen LogP) is 2.67. The molecule has 0 radical (unpaired) electrons. The number of aromatic nitrogens is 1. The number of nitrogens with one attached hydrogen (secondary N) is 2. The molecule has 104 valence electrons. The molecular weight excluding hydrogens is 250 g/mol. The third-order valence-electron chi connectivity index (χ3n) is 3.26. The first-order valence-electron chi connectivity index (χ1n) is 6.58. The molecule has 1 amide bonds. The van der Waals surface area contributed by atoms with E-state index in [1.54, 1.807) is 12.4 Å². The summed E-state index contributed by atoms with van der Waals surface area (Å²) in [5, 5.41) is 5.99. The van der Waals surface area contributed by atoms with Crippen LogP contribution >= 0.6 is 0 Å². The predicted molar refractivity (Wildman–Crippen MR) is 80.9 cm³/mol. The van der Waals surface area contributed by atoms with E-state index in [4.69, 9.17) is 0 Å². The number of benzene rings is 1. The van der Waals surface area contributed by atoms with Gasteiger partial charge in [0.1, 0.15) is 0 Å². The summed E-state index contributed by atoms with van der Waals surface area (Å²) in [6.45, 7) is 4.47. The van der Waals surface area contributed by atoms with Crippen molar-refractivity contribution in [3.8, 4) is 0 Å². The van der Waals surface area contributed by atoms with Gasteiger partial charge >= 0.3 is 0 Å². The van der Waals surface area contributed by atoms with Gasteiger partial charge in [0, 0.05) is 31.7 Å². The standard InChI is InChI=1S/C16H19N3O/c1-11-4-5-15(17-3)14(8-11)16(20)19-10-13-6-7-18-9-12(13)2/h4-9,17H,10H2,1-3H3,(H,19,20). The fourth-order valence-electron chi connectivity index (χ4n) is 2.04. The van der Waals surface area contributed by atoms with Crippen molar-refractivity contribution in [3.63, 3.8) is 0 Å². The number of hydrogen-bond acceptors (Lipinski definition) is 3. The lowest BCUT2D eigenvalue weighted by Crippen LogP contribution is -2.24. The Labute approximate surface area is 119 Å². The van der Waals surface area contributed by atoms with Gasteiger partial charge in [0.25, 0.3) is 5.91 Å². The summed E-state index contributed by atoms with van der Waals surface area (Å²) < 4.78 is 0. The number of nitrogens with zero attached hydrogens (tertiary/aromatic N) is 1. The van der Waals surface area contributed by atoms with E-state index in [9.17, 15) is 4.79 Å². The molecule has 0 saturated heterocycles. The molecule has 0 unspecified atom stereocenters. The first-order chi connectivity index (χ1) is 9.61. The fraction of sp³-hybridized carbons (Fsp3) is 0.250. The number of pyridine rings is 1. The van der Waals surface area contributed by atoms with Crippen molar-refractivity contribution in [1.82, 2.24) is 10.3 Å². The molecular formula is C16H19N3O. The Morgan fingerprint density at radius 1 is 1.25 bits per heavy atom. The van der Waals surface area contributed by atoms with Crippen molar-refractivity contribution in [2.45, 2.75) is 20.4 Å². The Hall–Kier alpha value is -2.36. The topological polar surface area (TPSA) is 54.0 Å². The minimum absolute atomic E-state index is 0.0748. The highest BCUT2D eigenvalue weighted by Crippen LogP contribution is 2.17. The highest BCUT2D eigenvalue weighted by molar-refractivity contribution is 5.99. The summed E-state index contributed by atoms with van der Waals surface area (Å²) in [6.07, 6.45) is 3.54. The molecule has 2 rings (SSSR count). The zero-order chi connectivity index (χ0) is 14.5. The van der Waals surface area contributed by atoms with Gasteiger partial charge < -0.3 is 10.6 Å². The second-order valence-corrected chi connectivity index (χ2v) is 4.78. The number of carbonyl (C=O) groups is 1. The molecule has 0 aliphatic rings. The molecule has 1 aromatic carbocycles. The average molecular weight is 269 g/mol. The van der Waals surface area contributed by atoms with Gasteiger partial charge in [-0.2, -0.15) is 0 Å². The van der Waals surface area contributed by atoms with Crippen LogP contribution in [-0.2, 0) is 6.54 Å². The van der Waals surface area contributed by atoms with Crippen molar-refractivity contribution < 1.29 is 4.79 Å². The highest BCUT2D eigenvalue weighted by atomic mass is 16.1. The van der Waals surface area contributed by atoms with E-state index in [2.05, 4.69) is 15.6 Å². The Kier molecular flexibility index (Phi) is 4.35. The minimum atomic E-state index is -0.0748. The van der Waals surface area contributed by atoms with Crippen molar-refractivity contribution >= 4 is 11.6 Å². The van der Waals surface area contributed by atoms with Crippen LogP contribution in [-0.4, -0.2) is 17.9 Å². The molecule has 0 spiro atoms. The monoisotopic (exact) mass is 269 g/mol. The van der Waals surface area contributed by atoms with Crippen LogP contribution in [0.1, 0.15) is 27.0 Å². The van der Waals surface area contributed by atoms with Crippen molar-refractivity contribution in [2.75, 3.05) is 12.4 Å². The van der Waals surface area contributed by atoms with E-state index in [0.717, 1.165) is 22.4 Å². The number of rotatable bonds is 4. The van der Waals surface area contributed by atoms with Crippen LogP contribution in [0, 0.1) is 13.8 Å². The van der Waals surface area contributed by atoms with Crippen LogP contribution in [0.15, 0.2) is 36.7 Å². The van der Waals surface area contributed by atoms with E-state index in [1.807, 2.05) is 45.2 Å². The summed E-state index contributed by atoms with van der Waals surface area (Å²) >= 11 is 0. The largest absolute Gasteiger partial charge is 0.387 e. The molecule has 0 aliphatic carbocycles. The van der Waals surface area contributed by atoms with Gasteiger partial charge in [-0.25, -0.2) is 0 Å². The van der Waals surface area contributed by atoms with Gasteiger partial charge in [0.05, 0.1) is 5.56 Å². The molecule has 1 aromatic heterocycles. The van der Waals surface area contributed by atoms with Crippen LogP contribution in [0.3, 0.4) is 0 Å². The van der Waals surface area contributed by atoms with E-state index >= 15 is 0 Å². The third kappa shape index (κ3) is 3.15. The minimum Gasteiger partial charge on any atom is -0.387 e. The van der Waals surface area contributed by atoms with Crippen molar-refractivity contribution in [2.24, 2.45) is 0 Å². The number of anilines is 1. The normalized spacial score (nSPS) is 10.2. The maximum atomic E-state index is 12.3. The maximum absolute atomic E-state index is 12.3. The number of hydrogen-bond donors (Lipinski definition) is 2. The van der Waals surface area contributed by atoms with E-state index < -0.39 is 0 Å². The van der Waals surface area contributed by atoms with Crippen molar-refractivity contribution in [1.29, 1.82) is 0 Å². The molecule has 0 aliphatic heterocycles. The lowest BCUT2D eigenvalue weighted by Gasteiger charge is -2.11. The Bertz CT molecular complexity index is 623. The molecule has 0 bridgehead atoms. The summed E-state index contributed by atoms with van der Waals surface area (Å²) in [4.78, 5) is 16.3. The molecule has 0 fully saturated rings. The molecule has 4 heteroatoms. The van der Waals surface area contributed by atoms with Crippen molar-refractivity contribution in [3.05, 3.63) is 58.9 Å². The van der Waals surface area contributed by atoms with E-state index in [1.165, 1.54) is 0 Å². The summed E-state index contributed by atoms with van der Waals surface area (Å²) in [6, 6.07) is 7.71. The van der Waals surface area contributed by atoms with Gasteiger partial charge in [0.2, 0.25) is 0 Å². The highest BCUT2D eigenvalue weighted by Gasteiger charge is 2.11. The second-order valence-electron chi connectivity index (χ2n) is 4.78. The molecule has 0 atom stereocenters. The molecule has 20 heavy (non-hydrogen) atoms. The lowest BCUT2D eigenvalue weighted by atomic mass is 10.1. The number of aryl methyl sites for hydroxylation is 2. The molecule has 0 saturated carbocycles. The Morgan fingerprint density at radius 2 is 2.05 bits per heavy atom. The average Bonchev–Trinajstić information content (AvgIpc) is 2.46. The molecule has 2 aromatic rings. The quantitative estimate of drug-likeness (QED) is 0.897. The first kappa shape index (κ1) is 14.1. The molecule has 2 N–H and O–H groups in total. The summed E-state index contributed by atoms with van der Waals surface area (Å²) in [5.41, 5.74) is 4.71. The van der Waals surface area contributed by atoms with E-state index in [-0.39, 0.29) is 5.91 Å². The summed E-state index contributed by atoms with van der Waals surface area (Å²) in [5.74, 6) is -0.0748. The van der Waals surface area contributed by atoms with Gasteiger partial charge in [-0.15, -0.1) is 0 Å². The number of carbonyl (C=O) groups excluding carboxylic acids is 1. The van der Waals surface area contributed by atoms with Crippen LogP contribution in [0.2, 0.25) is 0 Å².